The Balaban J connectivity index is 1.62. The minimum absolute atomic E-state index is 0.470. The Morgan fingerprint density at radius 3 is 2.07 bits per heavy atom. The second kappa shape index (κ2) is 9.93. The van der Waals surface area contributed by atoms with Crippen molar-refractivity contribution in [2.75, 3.05) is 0 Å². The minimum Gasteiger partial charge on any atom is -0.300 e. The standard InChI is InChI=1S/C38H30N6/c1-37(2)27-14-12-13-25(19-27)36-42-34(32(23-39)44(36)31-17-10-7-11-18-31)38(3,4)28-20-26(21-29(22-28)40-5)35-41-33(37)24-43(35)30-15-8-6-9-16-30/h6-22,24H,1-4H3. The van der Waals surface area contributed by atoms with Gasteiger partial charge in [-0.25, -0.2) is 14.8 Å². The molecular formula is C38H30N6. The third kappa shape index (κ3) is 4.15. The first-order chi connectivity index (χ1) is 21.2. The molecule has 6 heteroatoms. The van der Waals surface area contributed by atoms with E-state index >= 15 is 0 Å². The van der Waals surface area contributed by atoms with Gasteiger partial charge in [0.25, 0.3) is 0 Å². The number of imidazole rings is 2. The molecule has 0 spiro atoms. The van der Waals surface area contributed by atoms with Crippen LogP contribution in [0.4, 0.5) is 5.69 Å². The van der Waals surface area contributed by atoms with Gasteiger partial charge in [0.1, 0.15) is 23.4 Å². The molecule has 212 valence electrons. The molecule has 3 heterocycles. The molecule has 0 saturated carbocycles. The van der Waals surface area contributed by atoms with Crippen molar-refractivity contribution >= 4 is 5.69 Å². The van der Waals surface area contributed by atoms with Gasteiger partial charge in [-0.15, -0.1) is 0 Å². The Labute approximate surface area is 257 Å². The van der Waals surface area contributed by atoms with Crippen molar-refractivity contribution in [1.29, 1.82) is 5.26 Å². The summed E-state index contributed by atoms with van der Waals surface area (Å²) >= 11 is 0. The van der Waals surface area contributed by atoms with Gasteiger partial charge in [0.15, 0.2) is 5.69 Å². The van der Waals surface area contributed by atoms with Crippen LogP contribution in [0.3, 0.4) is 0 Å². The highest BCUT2D eigenvalue weighted by Crippen LogP contribution is 2.42. The van der Waals surface area contributed by atoms with Gasteiger partial charge in [-0.1, -0.05) is 88.4 Å². The van der Waals surface area contributed by atoms with E-state index in [2.05, 4.69) is 91.8 Å². The summed E-state index contributed by atoms with van der Waals surface area (Å²) in [4.78, 5) is 14.4. The van der Waals surface area contributed by atoms with E-state index in [9.17, 15) is 5.26 Å². The van der Waals surface area contributed by atoms with Crippen LogP contribution in [0.1, 0.15) is 55.9 Å². The second-order valence-electron chi connectivity index (χ2n) is 12.3. The Morgan fingerprint density at radius 1 is 0.705 bits per heavy atom. The van der Waals surface area contributed by atoms with Crippen LogP contribution in [0.5, 0.6) is 0 Å². The Kier molecular flexibility index (Phi) is 6.13. The summed E-state index contributed by atoms with van der Waals surface area (Å²) in [7, 11) is 0. The van der Waals surface area contributed by atoms with E-state index in [1.54, 1.807) is 0 Å². The molecule has 0 amide bonds. The number of para-hydroxylation sites is 2. The number of fused-ring (bicyclic) bond motifs is 10. The zero-order valence-electron chi connectivity index (χ0n) is 25.1. The van der Waals surface area contributed by atoms with Crippen molar-refractivity contribution in [2.24, 2.45) is 0 Å². The molecule has 8 bridgehead atoms. The summed E-state index contributed by atoms with van der Waals surface area (Å²) in [6.07, 6.45) is 2.11. The number of nitrogens with zero attached hydrogens (tertiary/aromatic N) is 6. The fourth-order valence-corrected chi connectivity index (χ4v) is 6.15. The highest BCUT2D eigenvalue weighted by Gasteiger charge is 2.35. The number of rotatable bonds is 2. The van der Waals surface area contributed by atoms with Gasteiger partial charge in [-0.2, -0.15) is 5.26 Å². The molecule has 4 aromatic carbocycles. The summed E-state index contributed by atoms with van der Waals surface area (Å²) in [5.41, 5.74) is 6.90. The van der Waals surface area contributed by atoms with Gasteiger partial charge in [0, 0.05) is 39.5 Å². The van der Waals surface area contributed by atoms with Crippen molar-refractivity contribution in [3.05, 3.63) is 149 Å². The molecule has 6 aromatic rings. The van der Waals surface area contributed by atoms with Crippen LogP contribution in [0.2, 0.25) is 0 Å². The van der Waals surface area contributed by atoms with E-state index in [0.717, 1.165) is 45.1 Å². The topological polar surface area (TPSA) is 63.8 Å². The fraction of sp³-hybridized carbons (Fsp3) is 0.158. The van der Waals surface area contributed by atoms with E-state index in [1.807, 2.05) is 65.2 Å². The molecule has 1 aliphatic rings. The zero-order valence-corrected chi connectivity index (χ0v) is 25.1. The molecule has 0 radical (unpaired) electrons. The first-order valence-corrected chi connectivity index (χ1v) is 14.6. The van der Waals surface area contributed by atoms with Crippen molar-refractivity contribution in [2.45, 2.75) is 38.5 Å². The van der Waals surface area contributed by atoms with Crippen LogP contribution in [0.25, 0.3) is 39.0 Å². The van der Waals surface area contributed by atoms with Gasteiger partial charge < -0.3 is 0 Å². The van der Waals surface area contributed by atoms with E-state index < -0.39 is 10.8 Å². The first-order valence-electron chi connectivity index (χ1n) is 14.6. The predicted molar refractivity (Wildman–Crippen MR) is 173 cm³/mol. The molecule has 6 nitrogen and oxygen atoms in total. The maximum absolute atomic E-state index is 10.7. The molecule has 0 unspecified atom stereocenters. The van der Waals surface area contributed by atoms with Crippen LogP contribution in [0, 0.1) is 17.9 Å². The van der Waals surface area contributed by atoms with Gasteiger partial charge in [-0.05, 0) is 53.6 Å². The molecule has 0 fully saturated rings. The third-order valence-corrected chi connectivity index (χ3v) is 8.84. The number of aromatic nitrogens is 4. The number of hydrogen-bond acceptors (Lipinski definition) is 3. The molecule has 2 aromatic heterocycles. The van der Waals surface area contributed by atoms with E-state index in [0.29, 0.717) is 22.9 Å². The van der Waals surface area contributed by atoms with Crippen molar-refractivity contribution in [3.8, 4) is 40.2 Å². The molecule has 0 aliphatic carbocycles. The fourth-order valence-electron chi connectivity index (χ4n) is 6.15. The van der Waals surface area contributed by atoms with Crippen molar-refractivity contribution < 1.29 is 0 Å². The quantitative estimate of drug-likeness (QED) is 0.196. The molecule has 1 aliphatic heterocycles. The van der Waals surface area contributed by atoms with E-state index in [1.165, 1.54) is 0 Å². The van der Waals surface area contributed by atoms with Crippen LogP contribution >= 0.6 is 0 Å². The minimum atomic E-state index is -0.719. The van der Waals surface area contributed by atoms with Crippen LogP contribution in [0.15, 0.2) is 109 Å². The lowest BCUT2D eigenvalue weighted by atomic mass is 9.79. The number of benzene rings is 4. The number of hydrogen-bond donors (Lipinski definition) is 0. The first kappa shape index (κ1) is 27.1. The van der Waals surface area contributed by atoms with Gasteiger partial charge in [0.05, 0.1) is 18.0 Å². The van der Waals surface area contributed by atoms with Gasteiger partial charge in [0.2, 0.25) is 0 Å². The van der Waals surface area contributed by atoms with Gasteiger partial charge in [-0.3, -0.25) is 9.13 Å². The molecular weight excluding hydrogens is 540 g/mol. The lowest BCUT2D eigenvalue weighted by molar-refractivity contribution is 0.617. The summed E-state index contributed by atoms with van der Waals surface area (Å²) < 4.78 is 4.08. The SMILES string of the molecule is [C-]#[N+]c1cc2cc(c1)C(C)(C)c1nc(n(-c3ccccc3)c1C#N)-c1cccc(c1)C(C)(C)c1cn(-c3ccccc3)c-2n1. The van der Waals surface area contributed by atoms with Crippen LogP contribution in [-0.2, 0) is 10.8 Å². The van der Waals surface area contributed by atoms with Crippen LogP contribution in [-0.4, -0.2) is 19.1 Å². The van der Waals surface area contributed by atoms with Crippen LogP contribution < -0.4 is 0 Å². The molecule has 44 heavy (non-hydrogen) atoms. The Hall–Kier alpha value is -5.72. The molecule has 7 rings (SSSR count). The van der Waals surface area contributed by atoms with Crippen molar-refractivity contribution in [3.63, 3.8) is 0 Å². The lowest BCUT2D eigenvalue weighted by Gasteiger charge is -2.25. The predicted octanol–water partition coefficient (Wildman–Crippen LogP) is 8.78. The van der Waals surface area contributed by atoms with E-state index in [-0.39, 0.29) is 0 Å². The molecule has 0 N–H and O–H groups in total. The smallest absolute Gasteiger partial charge is 0.188 e. The number of nitriles is 1. The maximum atomic E-state index is 10.7. The maximum Gasteiger partial charge on any atom is 0.188 e. The molecule has 0 saturated heterocycles. The summed E-state index contributed by atoms with van der Waals surface area (Å²) in [5.74, 6) is 1.45. The zero-order chi connectivity index (χ0) is 30.6. The summed E-state index contributed by atoms with van der Waals surface area (Å²) in [5, 5.41) is 10.7. The molecule has 0 atom stereocenters. The Bertz CT molecular complexity index is 2130. The highest BCUT2D eigenvalue weighted by molar-refractivity contribution is 5.70. The monoisotopic (exact) mass is 570 g/mol. The average molecular weight is 571 g/mol. The summed E-state index contributed by atoms with van der Waals surface area (Å²) in [6, 6.07) is 36.9. The highest BCUT2D eigenvalue weighted by atomic mass is 15.1. The third-order valence-electron chi connectivity index (χ3n) is 8.84. The van der Waals surface area contributed by atoms with E-state index in [4.69, 9.17) is 16.5 Å². The normalized spacial score (nSPS) is 14.2. The lowest BCUT2D eigenvalue weighted by Crippen LogP contribution is -2.21. The van der Waals surface area contributed by atoms with Crippen molar-refractivity contribution in [1.82, 2.24) is 19.1 Å². The average Bonchev–Trinajstić information content (AvgIpc) is 3.69. The largest absolute Gasteiger partial charge is 0.300 e. The summed E-state index contributed by atoms with van der Waals surface area (Å²) in [6.45, 7) is 16.5. The van der Waals surface area contributed by atoms with Gasteiger partial charge >= 0.3 is 0 Å². The Morgan fingerprint density at radius 2 is 1.39 bits per heavy atom. The second-order valence-corrected chi connectivity index (χ2v) is 12.3.